The van der Waals surface area contributed by atoms with E-state index in [9.17, 15) is 0 Å². The van der Waals surface area contributed by atoms with E-state index in [1.165, 1.54) is 24.1 Å². The molecule has 1 aromatic carbocycles. The zero-order valence-corrected chi connectivity index (χ0v) is 10.6. The highest BCUT2D eigenvalue weighted by Gasteiger charge is 2.27. The van der Waals surface area contributed by atoms with Crippen LogP contribution in [0.25, 0.3) is 11.3 Å². The highest BCUT2D eigenvalue weighted by Crippen LogP contribution is 2.37. The molecule has 0 aliphatic heterocycles. The summed E-state index contributed by atoms with van der Waals surface area (Å²) in [5, 5.41) is 13.5. The molecule has 3 rings (SSSR count). The van der Waals surface area contributed by atoms with Crippen LogP contribution in [0, 0.1) is 25.2 Å². The smallest absolute Gasteiger partial charge is 0.0991 e. The van der Waals surface area contributed by atoms with Crippen LogP contribution in [-0.4, -0.2) is 9.78 Å². The third kappa shape index (κ3) is 1.70. The fourth-order valence-electron chi connectivity index (χ4n) is 2.25. The van der Waals surface area contributed by atoms with Gasteiger partial charge in [0, 0.05) is 11.3 Å². The molecule has 0 amide bonds. The molecule has 1 saturated carbocycles. The molecule has 1 aromatic heterocycles. The van der Waals surface area contributed by atoms with Gasteiger partial charge in [-0.25, -0.2) is 0 Å². The van der Waals surface area contributed by atoms with Crippen LogP contribution >= 0.6 is 0 Å². The van der Waals surface area contributed by atoms with Crippen molar-refractivity contribution in [2.45, 2.75) is 32.7 Å². The van der Waals surface area contributed by atoms with Crippen LogP contribution in [0.4, 0.5) is 0 Å². The highest BCUT2D eigenvalue weighted by atomic mass is 15.3. The van der Waals surface area contributed by atoms with E-state index in [0.717, 1.165) is 11.3 Å². The lowest BCUT2D eigenvalue weighted by atomic mass is 10.1. The van der Waals surface area contributed by atoms with Gasteiger partial charge in [0.25, 0.3) is 0 Å². The van der Waals surface area contributed by atoms with Crippen molar-refractivity contribution in [2.75, 3.05) is 0 Å². The maximum Gasteiger partial charge on any atom is 0.0991 e. The third-order valence-corrected chi connectivity index (χ3v) is 3.63. The summed E-state index contributed by atoms with van der Waals surface area (Å²) in [6, 6.07) is 10.4. The Morgan fingerprint density at radius 1 is 1.22 bits per heavy atom. The minimum atomic E-state index is 0.607. The lowest BCUT2D eigenvalue weighted by Gasteiger charge is -1.99. The van der Waals surface area contributed by atoms with Crippen LogP contribution in [-0.2, 0) is 0 Å². The van der Waals surface area contributed by atoms with Crippen LogP contribution in [0.3, 0.4) is 0 Å². The summed E-state index contributed by atoms with van der Waals surface area (Å²) in [5.74, 6) is 0. The van der Waals surface area contributed by atoms with E-state index < -0.39 is 0 Å². The molecule has 2 aromatic rings. The van der Waals surface area contributed by atoms with Crippen LogP contribution in [0.2, 0.25) is 0 Å². The number of hydrogen-bond donors (Lipinski definition) is 0. The molecule has 1 aliphatic carbocycles. The lowest BCUT2D eigenvalue weighted by Crippen LogP contribution is -1.98. The van der Waals surface area contributed by atoms with Crippen LogP contribution in [0.5, 0.6) is 0 Å². The summed E-state index contributed by atoms with van der Waals surface area (Å²) in [4.78, 5) is 0. The standard InChI is InChI=1S/C15H15N3/c1-10-11(2)18(14-7-8-14)17-15(10)13-5-3-12(9-16)4-6-13/h3-6,14H,7-8H2,1-2H3. The molecular weight excluding hydrogens is 222 g/mol. The average molecular weight is 237 g/mol. The second-order valence-corrected chi connectivity index (χ2v) is 4.92. The number of benzene rings is 1. The molecule has 0 saturated heterocycles. The Kier molecular flexibility index (Phi) is 2.45. The van der Waals surface area contributed by atoms with E-state index in [2.05, 4.69) is 24.6 Å². The summed E-state index contributed by atoms with van der Waals surface area (Å²) < 4.78 is 2.16. The Bertz CT molecular complexity index is 625. The molecule has 90 valence electrons. The average Bonchev–Trinajstić information content (AvgIpc) is 3.19. The predicted octanol–water partition coefficient (Wildman–Crippen LogP) is 3.37. The molecule has 0 radical (unpaired) electrons. The van der Waals surface area contributed by atoms with Gasteiger partial charge in [0.1, 0.15) is 0 Å². The van der Waals surface area contributed by atoms with E-state index in [4.69, 9.17) is 10.4 Å². The Labute approximate surface area is 107 Å². The van der Waals surface area contributed by atoms with Crippen LogP contribution in [0.1, 0.15) is 35.7 Å². The maximum absolute atomic E-state index is 8.81. The van der Waals surface area contributed by atoms with Crippen molar-refractivity contribution >= 4 is 0 Å². The van der Waals surface area contributed by atoms with Crippen molar-refractivity contribution in [3.63, 3.8) is 0 Å². The zero-order valence-electron chi connectivity index (χ0n) is 10.6. The number of hydrogen-bond acceptors (Lipinski definition) is 2. The largest absolute Gasteiger partial charge is 0.266 e. The van der Waals surface area contributed by atoms with Gasteiger partial charge >= 0.3 is 0 Å². The normalized spacial score (nSPS) is 14.5. The van der Waals surface area contributed by atoms with Gasteiger partial charge in [-0.2, -0.15) is 10.4 Å². The quantitative estimate of drug-likeness (QED) is 0.803. The first-order chi connectivity index (χ1) is 8.70. The predicted molar refractivity (Wildman–Crippen MR) is 70.1 cm³/mol. The number of nitriles is 1. The third-order valence-electron chi connectivity index (χ3n) is 3.63. The molecule has 0 atom stereocenters. The summed E-state index contributed by atoms with van der Waals surface area (Å²) in [7, 11) is 0. The molecule has 3 heteroatoms. The zero-order chi connectivity index (χ0) is 12.7. The Morgan fingerprint density at radius 2 is 1.89 bits per heavy atom. The number of aromatic nitrogens is 2. The summed E-state index contributed by atoms with van der Waals surface area (Å²) in [6.45, 7) is 4.25. The van der Waals surface area contributed by atoms with Gasteiger partial charge in [-0.05, 0) is 44.4 Å². The first-order valence-electron chi connectivity index (χ1n) is 6.27. The van der Waals surface area contributed by atoms with Gasteiger partial charge in [-0.15, -0.1) is 0 Å². The van der Waals surface area contributed by atoms with E-state index >= 15 is 0 Å². The minimum Gasteiger partial charge on any atom is -0.266 e. The SMILES string of the molecule is Cc1c(-c2ccc(C#N)cc2)nn(C2CC2)c1C. The molecule has 1 aliphatic rings. The second kappa shape index (κ2) is 3.99. The Morgan fingerprint density at radius 3 is 2.44 bits per heavy atom. The van der Waals surface area contributed by atoms with Crippen molar-refractivity contribution in [1.29, 1.82) is 5.26 Å². The minimum absolute atomic E-state index is 0.607. The topological polar surface area (TPSA) is 41.6 Å². The van der Waals surface area contributed by atoms with E-state index in [1.54, 1.807) is 0 Å². The number of nitrogens with zero attached hydrogens (tertiary/aromatic N) is 3. The summed E-state index contributed by atoms with van der Waals surface area (Å²) in [5.41, 5.74) is 5.33. The molecule has 3 nitrogen and oxygen atoms in total. The molecule has 0 spiro atoms. The van der Waals surface area contributed by atoms with Gasteiger partial charge in [0.05, 0.1) is 23.4 Å². The highest BCUT2D eigenvalue weighted by molar-refractivity contribution is 5.64. The molecule has 0 bridgehead atoms. The molecule has 1 fully saturated rings. The summed E-state index contributed by atoms with van der Waals surface area (Å²) in [6.07, 6.45) is 2.49. The van der Waals surface area contributed by atoms with Crippen molar-refractivity contribution in [3.8, 4) is 17.3 Å². The molecule has 0 unspecified atom stereocenters. The first-order valence-corrected chi connectivity index (χ1v) is 6.27. The van der Waals surface area contributed by atoms with E-state index in [0.29, 0.717) is 11.6 Å². The number of rotatable bonds is 2. The van der Waals surface area contributed by atoms with Gasteiger partial charge < -0.3 is 0 Å². The maximum atomic E-state index is 8.81. The molecule has 18 heavy (non-hydrogen) atoms. The van der Waals surface area contributed by atoms with Crippen LogP contribution in [0.15, 0.2) is 24.3 Å². The van der Waals surface area contributed by atoms with Crippen LogP contribution < -0.4 is 0 Å². The monoisotopic (exact) mass is 237 g/mol. The summed E-state index contributed by atoms with van der Waals surface area (Å²) >= 11 is 0. The van der Waals surface area contributed by atoms with Gasteiger partial charge in [0.15, 0.2) is 0 Å². The van der Waals surface area contributed by atoms with Gasteiger partial charge in [0.2, 0.25) is 0 Å². The first kappa shape index (κ1) is 11.0. The fraction of sp³-hybridized carbons (Fsp3) is 0.333. The van der Waals surface area contributed by atoms with Crippen molar-refractivity contribution in [3.05, 3.63) is 41.1 Å². The molecule has 0 N–H and O–H groups in total. The van der Waals surface area contributed by atoms with Crippen molar-refractivity contribution in [2.24, 2.45) is 0 Å². The van der Waals surface area contributed by atoms with Crippen molar-refractivity contribution < 1.29 is 0 Å². The van der Waals surface area contributed by atoms with Gasteiger partial charge in [-0.3, -0.25) is 4.68 Å². The van der Waals surface area contributed by atoms with E-state index in [-0.39, 0.29) is 0 Å². The fourth-order valence-corrected chi connectivity index (χ4v) is 2.25. The molecule has 1 heterocycles. The second-order valence-electron chi connectivity index (χ2n) is 4.92. The van der Waals surface area contributed by atoms with Crippen molar-refractivity contribution in [1.82, 2.24) is 9.78 Å². The Hall–Kier alpha value is -2.08. The molecular formula is C15H15N3. The van der Waals surface area contributed by atoms with Gasteiger partial charge in [-0.1, -0.05) is 12.1 Å². The lowest BCUT2D eigenvalue weighted by molar-refractivity contribution is 0.623. The Balaban J connectivity index is 2.05. The van der Waals surface area contributed by atoms with E-state index in [1.807, 2.05) is 24.3 Å².